The van der Waals surface area contributed by atoms with Crippen LogP contribution in [-0.2, 0) is 16.1 Å². The Balaban J connectivity index is 1.99. The van der Waals surface area contributed by atoms with Crippen molar-refractivity contribution < 1.29 is 14.9 Å². The summed E-state index contributed by atoms with van der Waals surface area (Å²) in [4.78, 5) is 15.8. The van der Waals surface area contributed by atoms with Crippen molar-refractivity contribution in [3.05, 3.63) is 35.9 Å². The molecule has 3 heteroatoms. The number of benzene rings is 1. The molecule has 0 aliphatic carbocycles. The highest BCUT2D eigenvalue weighted by molar-refractivity contribution is 5.72. The first-order valence-corrected chi connectivity index (χ1v) is 11.7. The van der Waals surface area contributed by atoms with E-state index in [1.54, 1.807) is 0 Å². The van der Waals surface area contributed by atoms with Crippen LogP contribution in [0.4, 0.5) is 0 Å². The largest absolute Gasteiger partial charge is 0.345 e. The summed E-state index contributed by atoms with van der Waals surface area (Å²) in [6.07, 6.45) is 20.0. The number of hydrogen-bond donors (Lipinski definition) is 1. The minimum atomic E-state index is -0.501. The van der Waals surface area contributed by atoms with Gasteiger partial charge < -0.3 is 4.89 Å². The Bertz CT molecular complexity index is 472. The molecule has 0 saturated heterocycles. The third kappa shape index (κ3) is 12.9. The molecule has 1 aromatic carbocycles. The summed E-state index contributed by atoms with van der Waals surface area (Å²) in [7, 11) is 0. The zero-order valence-electron chi connectivity index (χ0n) is 18.0. The van der Waals surface area contributed by atoms with Crippen LogP contribution in [0.1, 0.15) is 109 Å². The average molecular weight is 391 g/mol. The fraction of sp³-hybridized carbons (Fsp3) is 0.720. The van der Waals surface area contributed by atoms with Crippen molar-refractivity contribution in [2.45, 2.75) is 110 Å². The molecule has 0 aliphatic rings. The van der Waals surface area contributed by atoms with Crippen LogP contribution in [0.25, 0.3) is 0 Å². The van der Waals surface area contributed by atoms with Gasteiger partial charge in [0.15, 0.2) is 0 Å². The SMILES string of the molecule is CCCCCCCCCCCCCCCCC(Cc1ccccc1)C(=O)OO. The van der Waals surface area contributed by atoms with Crippen LogP contribution in [0.2, 0.25) is 0 Å². The summed E-state index contributed by atoms with van der Waals surface area (Å²) in [6, 6.07) is 9.95. The van der Waals surface area contributed by atoms with Gasteiger partial charge in [-0.3, -0.25) is 0 Å². The zero-order chi connectivity index (χ0) is 20.3. The first-order valence-electron chi connectivity index (χ1n) is 11.7. The lowest BCUT2D eigenvalue weighted by molar-refractivity contribution is -0.239. The van der Waals surface area contributed by atoms with Gasteiger partial charge in [-0.1, -0.05) is 127 Å². The van der Waals surface area contributed by atoms with Crippen LogP contribution in [0.15, 0.2) is 30.3 Å². The molecule has 0 spiro atoms. The van der Waals surface area contributed by atoms with Gasteiger partial charge in [0.2, 0.25) is 0 Å². The molecule has 0 amide bonds. The normalized spacial score (nSPS) is 12.1. The summed E-state index contributed by atoms with van der Waals surface area (Å²) in [5.41, 5.74) is 1.11. The molecule has 0 saturated carbocycles. The van der Waals surface area contributed by atoms with Gasteiger partial charge in [0.05, 0.1) is 5.92 Å². The van der Waals surface area contributed by atoms with Crippen molar-refractivity contribution in [1.82, 2.24) is 0 Å². The number of unbranched alkanes of at least 4 members (excludes halogenated alkanes) is 13. The third-order valence-electron chi connectivity index (χ3n) is 5.65. The van der Waals surface area contributed by atoms with E-state index >= 15 is 0 Å². The van der Waals surface area contributed by atoms with Gasteiger partial charge >= 0.3 is 5.97 Å². The van der Waals surface area contributed by atoms with E-state index in [0.717, 1.165) is 24.8 Å². The van der Waals surface area contributed by atoms with Crippen LogP contribution in [0.3, 0.4) is 0 Å². The molecule has 1 atom stereocenters. The van der Waals surface area contributed by atoms with Crippen molar-refractivity contribution in [2.24, 2.45) is 5.92 Å². The van der Waals surface area contributed by atoms with Crippen molar-refractivity contribution in [3.8, 4) is 0 Å². The first-order chi connectivity index (χ1) is 13.8. The van der Waals surface area contributed by atoms with Gasteiger partial charge in [-0.15, -0.1) is 0 Å². The molecular weight excluding hydrogens is 348 g/mol. The molecule has 3 nitrogen and oxygen atoms in total. The van der Waals surface area contributed by atoms with E-state index in [1.807, 2.05) is 30.3 Å². The second-order valence-electron chi connectivity index (χ2n) is 8.18. The van der Waals surface area contributed by atoms with E-state index in [-0.39, 0.29) is 5.92 Å². The highest BCUT2D eigenvalue weighted by atomic mass is 17.1. The summed E-state index contributed by atoms with van der Waals surface area (Å²) >= 11 is 0. The van der Waals surface area contributed by atoms with Gasteiger partial charge in [0, 0.05) is 0 Å². The van der Waals surface area contributed by atoms with Crippen molar-refractivity contribution >= 4 is 5.97 Å². The van der Waals surface area contributed by atoms with Gasteiger partial charge in [-0.05, 0) is 18.4 Å². The summed E-state index contributed by atoms with van der Waals surface area (Å²) in [5.74, 6) is -0.747. The maximum Gasteiger partial charge on any atom is 0.345 e. The molecule has 0 aromatic heterocycles. The van der Waals surface area contributed by atoms with Gasteiger partial charge in [0.25, 0.3) is 0 Å². The number of carbonyl (C=O) groups excluding carboxylic acids is 1. The van der Waals surface area contributed by atoms with Gasteiger partial charge in [-0.25, -0.2) is 4.79 Å². The van der Waals surface area contributed by atoms with Crippen LogP contribution in [0.5, 0.6) is 0 Å². The second-order valence-corrected chi connectivity index (χ2v) is 8.18. The highest BCUT2D eigenvalue weighted by Crippen LogP contribution is 2.19. The molecular formula is C25H42O3. The molecule has 28 heavy (non-hydrogen) atoms. The fourth-order valence-electron chi connectivity index (χ4n) is 3.86. The van der Waals surface area contributed by atoms with E-state index in [1.165, 1.54) is 77.0 Å². The smallest absolute Gasteiger partial charge is 0.301 e. The minimum absolute atomic E-state index is 0.246. The van der Waals surface area contributed by atoms with Gasteiger partial charge in [0.1, 0.15) is 0 Å². The topological polar surface area (TPSA) is 46.5 Å². The van der Waals surface area contributed by atoms with Crippen LogP contribution in [-0.4, -0.2) is 11.2 Å². The Morgan fingerprint density at radius 2 is 1.25 bits per heavy atom. The lowest BCUT2D eigenvalue weighted by atomic mass is 9.93. The summed E-state index contributed by atoms with van der Waals surface area (Å²) < 4.78 is 0. The molecule has 1 unspecified atom stereocenters. The standard InChI is InChI=1S/C25H42O3/c1-2-3-4-5-6-7-8-9-10-11-12-13-14-18-21-24(25(26)28-27)22-23-19-16-15-17-20-23/h15-17,19-20,24,27H,2-14,18,21-22H2,1H3. The predicted octanol–water partition coefficient (Wildman–Crippen LogP) is 7.73. The quantitative estimate of drug-likeness (QED) is 0.158. The average Bonchev–Trinajstić information content (AvgIpc) is 2.73. The molecule has 0 bridgehead atoms. The Morgan fingerprint density at radius 1 is 0.786 bits per heavy atom. The number of hydrogen-bond acceptors (Lipinski definition) is 3. The molecule has 0 heterocycles. The monoisotopic (exact) mass is 390 g/mol. The highest BCUT2D eigenvalue weighted by Gasteiger charge is 2.20. The van der Waals surface area contributed by atoms with Crippen LogP contribution in [0, 0.1) is 5.92 Å². The van der Waals surface area contributed by atoms with Crippen LogP contribution < -0.4 is 0 Å². The van der Waals surface area contributed by atoms with E-state index in [0.29, 0.717) is 6.42 Å². The summed E-state index contributed by atoms with van der Waals surface area (Å²) in [6.45, 7) is 2.27. The Hall–Kier alpha value is -1.35. The third-order valence-corrected chi connectivity index (χ3v) is 5.65. The second kappa shape index (κ2) is 17.7. The van der Waals surface area contributed by atoms with E-state index < -0.39 is 5.97 Å². The molecule has 1 N–H and O–H groups in total. The number of rotatable bonds is 18. The van der Waals surface area contributed by atoms with Crippen molar-refractivity contribution in [3.63, 3.8) is 0 Å². The molecule has 1 rings (SSSR count). The predicted molar refractivity (Wildman–Crippen MR) is 117 cm³/mol. The Morgan fingerprint density at radius 3 is 1.71 bits per heavy atom. The molecule has 1 aromatic rings. The zero-order valence-corrected chi connectivity index (χ0v) is 18.0. The fourth-order valence-corrected chi connectivity index (χ4v) is 3.86. The van der Waals surface area contributed by atoms with Crippen molar-refractivity contribution in [1.29, 1.82) is 0 Å². The maximum atomic E-state index is 11.8. The van der Waals surface area contributed by atoms with Gasteiger partial charge in [-0.2, -0.15) is 5.26 Å². The molecule has 0 radical (unpaired) electrons. The first kappa shape index (κ1) is 24.7. The Labute approximate surface area is 172 Å². The maximum absolute atomic E-state index is 11.8. The molecule has 0 fully saturated rings. The molecule has 0 aliphatic heterocycles. The Kier molecular flexibility index (Phi) is 15.6. The number of carbonyl (C=O) groups is 1. The van der Waals surface area contributed by atoms with E-state index in [9.17, 15) is 4.79 Å². The molecule has 160 valence electrons. The van der Waals surface area contributed by atoms with E-state index in [4.69, 9.17) is 5.26 Å². The van der Waals surface area contributed by atoms with Crippen LogP contribution >= 0.6 is 0 Å². The van der Waals surface area contributed by atoms with Crippen molar-refractivity contribution in [2.75, 3.05) is 0 Å². The minimum Gasteiger partial charge on any atom is -0.301 e. The van der Waals surface area contributed by atoms with E-state index in [2.05, 4.69) is 11.8 Å². The summed E-state index contributed by atoms with van der Waals surface area (Å²) in [5, 5.41) is 8.75. The lowest BCUT2D eigenvalue weighted by Crippen LogP contribution is -2.19. The lowest BCUT2D eigenvalue weighted by Gasteiger charge is -2.13.